The molecule has 0 spiro atoms. The number of nitrogens with zero attached hydrogens (tertiary/aromatic N) is 4. The van der Waals surface area contributed by atoms with Gasteiger partial charge >= 0.3 is 0 Å². The fraction of sp³-hybridized carbons (Fsp3) is 0.467. The number of hydrogen-bond acceptors (Lipinski definition) is 8. The Kier molecular flexibility index (Phi) is 3.73. The molecule has 9 nitrogen and oxygen atoms in total. The number of aromatic amines is 1. The number of amides is 1. The van der Waals surface area contributed by atoms with E-state index in [2.05, 4.69) is 15.0 Å². The zero-order chi connectivity index (χ0) is 17.6. The van der Waals surface area contributed by atoms with Gasteiger partial charge in [-0.25, -0.2) is 4.98 Å². The lowest BCUT2D eigenvalue weighted by molar-refractivity contribution is 0.0743. The van der Waals surface area contributed by atoms with Crippen molar-refractivity contribution in [1.29, 1.82) is 0 Å². The molecule has 25 heavy (non-hydrogen) atoms. The van der Waals surface area contributed by atoms with Crippen LogP contribution in [0.2, 0.25) is 0 Å². The normalized spacial score (nSPS) is 25.4. The van der Waals surface area contributed by atoms with Crippen LogP contribution in [0.4, 0.5) is 11.8 Å². The summed E-state index contributed by atoms with van der Waals surface area (Å²) in [7, 11) is 0. The van der Waals surface area contributed by atoms with Gasteiger partial charge in [0.05, 0.1) is 12.1 Å². The minimum atomic E-state index is -0.426. The Morgan fingerprint density at radius 1 is 1.48 bits per heavy atom. The Bertz CT molecular complexity index is 853. The highest BCUT2D eigenvalue weighted by Gasteiger charge is 2.53. The Labute approximate surface area is 147 Å². The van der Waals surface area contributed by atoms with Gasteiger partial charge in [0.2, 0.25) is 5.95 Å². The number of aliphatic hydroxyl groups excluding tert-OH is 1. The summed E-state index contributed by atoms with van der Waals surface area (Å²) in [6.45, 7) is 2.10. The van der Waals surface area contributed by atoms with Crippen LogP contribution in [-0.4, -0.2) is 63.7 Å². The number of H-pyrrole nitrogens is 1. The molecule has 1 amide bonds. The number of nitrogens with one attached hydrogen (secondary N) is 1. The molecule has 0 aromatic carbocycles. The summed E-state index contributed by atoms with van der Waals surface area (Å²) in [5.41, 5.74) is 6.97. The minimum Gasteiger partial charge on any atom is -0.396 e. The number of rotatable bonds is 3. The molecule has 0 bridgehead atoms. The second-order valence-corrected chi connectivity index (χ2v) is 7.36. The van der Waals surface area contributed by atoms with Gasteiger partial charge in [-0.1, -0.05) is 0 Å². The van der Waals surface area contributed by atoms with Gasteiger partial charge in [-0.2, -0.15) is 4.98 Å². The molecule has 2 aliphatic rings. The minimum absolute atomic E-state index is 0.0340. The first kappa shape index (κ1) is 16.0. The van der Waals surface area contributed by atoms with E-state index in [9.17, 15) is 14.7 Å². The Hall–Kier alpha value is -2.46. The van der Waals surface area contributed by atoms with Gasteiger partial charge in [0.25, 0.3) is 11.5 Å². The van der Waals surface area contributed by atoms with Crippen LogP contribution in [0.25, 0.3) is 0 Å². The lowest BCUT2D eigenvalue weighted by Gasteiger charge is -2.27. The molecule has 132 valence electrons. The van der Waals surface area contributed by atoms with Crippen molar-refractivity contribution in [3.63, 3.8) is 0 Å². The lowest BCUT2D eigenvalue weighted by Crippen LogP contribution is -2.39. The van der Waals surface area contributed by atoms with E-state index in [1.807, 2.05) is 4.90 Å². The number of fused-ring (bicyclic) bond motifs is 1. The molecule has 2 aromatic rings. The number of carbonyl (C=O) groups excluding carboxylic acids is 1. The molecule has 2 fully saturated rings. The van der Waals surface area contributed by atoms with Crippen LogP contribution in [0, 0.1) is 11.3 Å². The standard InChI is InChI=1S/C15H18N6O3S/c16-14-18-11(1-12(23)19-14)20-2-9-3-21(6-15(9,5-20)7-22)13(24)10-4-25-8-17-10/h1,4,8-9,22H,2-3,5-7H2,(H3,16,18,19,23)/t9-,15+/m0/s1. The van der Waals surface area contributed by atoms with Crippen molar-refractivity contribution in [2.75, 3.05) is 43.4 Å². The summed E-state index contributed by atoms with van der Waals surface area (Å²) in [6, 6.07) is 1.40. The number of nitrogen functional groups attached to an aromatic ring is 1. The van der Waals surface area contributed by atoms with E-state index in [1.54, 1.807) is 15.8 Å². The number of nitrogens with two attached hydrogens (primary N) is 1. The van der Waals surface area contributed by atoms with Crippen LogP contribution in [0.3, 0.4) is 0 Å². The van der Waals surface area contributed by atoms with Gasteiger partial charge in [0.1, 0.15) is 11.5 Å². The number of aromatic nitrogens is 3. The molecule has 4 heterocycles. The zero-order valence-corrected chi connectivity index (χ0v) is 14.2. The molecular formula is C15H18N6O3S. The highest BCUT2D eigenvalue weighted by Crippen LogP contribution is 2.43. The van der Waals surface area contributed by atoms with Crippen LogP contribution < -0.4 is 16.2 Å². The van der Waals surface area contributed by atoms with Crippen LogP contribution >= 0.6 is 11.3 Å². The molecule has 0 unspecified atom stereocenters. The van der Waals surface area contributed by atoms with Crippen molar-refractivity contribution in [1.82, 2.24) is 19.9 Å². The fourth-order valence-corrected chi connectivity index (χ4v) is 4.36. The van der Waals surface area contributed by atoms with Gasteiger partial charge in [0.15, 0.2) is 0 Å². The first-order valence-electron chi connectivity index (χ1n) is 7.91. The van der Waals surface area contributed by atoms with Crippen molar-refractivity contribution in [2.45, 2.75) is 0 Å². The van der Waals surface area contributed by atoms with Crippen molar-refractivity contribution < 1.29 is 9.90 Å². The first-order chi connectivity index (χ1) is 12.0. The van der Waals surface area contributed by atoms with Gasteiger partial charge < -0.3 is 20.6 Å². The smallest absolute Gasteiger partial charge is 0.273 e. The zero-order valence-electron chi connectivity index (χ0n) is 13.4. The van der Waals surface area contributed by atoms with Crippen molar-refractivity contribution in [2.24, 2.45) is 11.3 Å². The average molecular weight is 362 g/mol. The van der Waals surface area contributed by atoms with Crippen LogP contribution in [0.1, 0.15) is 10.5 Å². The summed E-state index contributed by atoms with van der Waals surface area (Å²) in [5.74, 6) is 0.565. The van der Waals surface area contributed by atoms with E-state index in [0.29, 0.717) is 37.7 Å². The fourth-order valence-electron chi connectivity index (χ4n) is 3.84. The topological polar surface area (TPSA) is 128 Å². The van der Waals surface area contributed by atoms with Gasteiger partial charge in [0, 0.05) is 49.0 Å². The maximum atomic E-state index is 12.5. The number of anilines is 2. The highest BCUT2D eigenvalue weighted by atomic mass is 32.1. The number of aliphatic hydroxyl groups is 1. The van der Waals surface area contributed by atoms with Crippen molar-refractivity contribution >= 4 is 29.0 Å². The summed E-state index contributed by atoms with van der Waals surface area (Å²) >= 11 is 1.38. The summed E-state index contributed by atoms with van der Waals surface area (Å²) in [4.78, 5) is 38.6. The van der Waals surface area contributed by atoms with Crippen LogP contribution in [0.15, 0.2) is 21.8 Å². The Balaban J connectivity index is 1.55. The lowest BCUT2D eigenvalue weighted by atomic mass is 9.82. The predicted molar refractivity (Wildman–Crippen MR) is 92.5 cm³/mol. The van der Waals surface area contributed by atoms with E-state index in [1.165, 1.54) is 17.4 Å². The summed E-state index contributed by atoms with van der Waals surface area (Å²) in [6.07, 6.45) is 0. The predicted octanol–water partition coefficient (Wildman–Crippen LogP) is -0.621. The molecule has 0 radical (unpaired) electrons. The quantitative estimate of drug-likeness (QED) is 0.664. The molecule has 4 N–H and O–H groups in total. The van der Waals surface area contributed by atoms with Crippen LogP contribution in [-0.2, 0) is 0 Å². The molecule has 10 heteroatoms. The largest absolute Gasteiger partial charge is 0.396 e. The SMILES string of the molecule is Nc1nc(N2C[C@H]3CN(C(=O)c4cscn4)C[C@@]3(CO)C2)cc(=O)[nH]1. The molecule has 2 saturated heterocycles. The molecule has 2 aliphatic heterocycles. The Morgan fingerprint density at radius 2 is 2.32 bits per heavy atom. The molecule has 2 atom stereocenters. The van der Waals surface area contributed by atoms with Gasteiger partial charge in [-0.15, -0.1) is 11.3 Å². The first-order valence-corrected chi connectivity index (χ1v) is 8.85. The maximum absolute atomic E-state index is 12.5. The average Bonchev–Trinajstić information content (AvgIpc) is 3.27. The van der Waals surface area contributed by atoms with Gasteiger partial charge in [-0.05, 0) is 0 Å². The van der Waals surface area contributed by atoms with Crippen molar-refractivity contribution in [3.05, 3.63) is 33.0 Å². The number of carbonyl (C=O) groups is 1. The molecular weight excluding hydrogens is 344 g/mol. The summed E-state index contributed by atoms with van der Waals surface area (Å²) < 4.78 is 0. The summed E-state index contributed by atoms with van der Waals surface area (Å²) in [5, 5.41) is 11.8. The third kappa shape index (κ3) is 2.67. The molecule has 2 aromatic heterocycles. The molecule has 4 rings (SSSR count). The van der Waals surface area contributed by atoms with Crippen LogP contribution in [0.5, 0.6) is 0 Å². The highest BCUT2D eigenvalue weighted by molar-refractivity contribution is 7.07. The second-order valence-electron chi connectivity index (χ2n) is 6.65. The number of thiazole rings is 1. The van der Waals surface area contributed by atoms with E-state index >= 15 is 0 Å². The third-order valence-corrected chi connectivity index (χ3v) is 5.67. The second kappa shape index (κ2) is 5.81. The number of likely N-dealkylation sites (tertiary alicyclic amines) is 1. The monoisotopic (exact) mass is 362 g/mol. The maximum Gasteiger partial charge on any atom is 0.273 e. The number of hydrogen-bond donors (Lipinski definition) is 3. The van der Waals surface area contributed by atoms with E-state index < -0.39 is 5.41 Å². The Morgan fingerprint density at radius 3 is 2.96 bits per heavy atom. The van der Waals surface area contributed by atoms with E-state index in [-0.39, 0.29) is 29.9 Å². The van der Waals surface area contributed by atoms with Crippen molar-refractivity contribution in [3.8, 4) is 0 Å². The molecule has 0 saturated carbocycles. The molecule has 0 aliphatic carbocycles. The van der Waals surface area contributed by atoms with Gasteiger partial charge in [-0.3, -0.25) is 14.6 Å². The van der Waals surface area contributed by atoms with E-state index in [0.717, 1.165) is 0 Å². The van der Waals surface area contributed by atoms with E-state index in [4.69, 9.17) is 5.73 Å². The third-order valence-electron chi connectivity index (χ3n) is 5.08.